The summed E-state index contributed by atoms with van der Waals surface area (Å²) >= 11 is 0. The molecule has 0 radical (unpaired) electrons. The molecule has 5 heteroatoms. The minimum Gasteiger partial charge on any atom is -0.493 e. The second-order valence-electron chi connectivity index (χ2n) is 4.11. The van der Waals surface area contributed by atoms with Crippen LogP contribution in [0, 0.1) is 0 Å². The van der Waals surface area contributed by atoms with E-state index in [1.807, 2.05) is 31.3 Å². The predicted octanol–water partition coefficient (Wildman–Crippen LogP) is 2.61. The second-order valence-corrected chi connectivity index (χ2v) is 4.11. The third-order valence-corrected chi connectivity index (χ3v) is 2.75. The Balaban J connectivity index is 2.31. The zero-order valence-corrected chi connectivity index (χ0v) is 11.8. The Labute approximate surface area is 118 Å². The van der Waals surface area contributed by atoms with Gasteiger partial charge in [0.1, 0.15) is 5.75 Å². The van der Waals surface area contributed by atoms with E-state index in [9.17, 15) is 0 Å². The Hall–Kier alpha value is -2.27. The molecule has 0 unspecified atom stereocenters. The predicted molar refractivity (Wildman–Crippen MR) is 76.6 cm³/mol. The molecule has 0 amide bonds. The minimum absolute atomic E-state index is 0.555. The van der Waals surface area contributed by atoms with Crippen molar-refractivity contribution in [1.82, 2.24) is 10.3 Å². The monoisotopic (exact) mass is 274 g/mol. The number of methoxy groups -OCH3 is 2. The molecule has 2 rings (SSSR count). The van der Waals surface area contributed by atoms with Gasteiger partial charge in [0.15, 0.2) is 11.5 Å². The molecular formula is C15H18N2O3. The average molecular weight is 274 g/mol. The van der Waals surface area contributed by atoms with Crippen LogP contribution in [-0.2, 0) is 6.54 Å². The summed E-state index contributed by atoms with van der Waals surface area (Å²) in [5.74, 6) is 2.49. The van der Waals surface area contributed by atoms with Crippen molar-refractivity contribution >= 4 is 0 Å². The van der Waals surface area contributed by atoms with Crippen molar-refractivity contribution in [3.63, 3.8) is 0 Å². The van der Waals surface area contributed by atoms with E-state index in [-0.39, 0.29) is 0 Å². The topological polar surface area (TPSA) is 52.6 Å². The molecule has 0 aliphatic carbocycles. The molecule has 0 spiro atoms. The Bertz CT molecular complexity index is 551. The van der Waals surface area contributed by atoms with Gasteiger partial charge in [-0.3, -0.25) is 4.98 Å². The van der Waals surface area contributed by atoms with Gasteiger partial charge in [-0.2, -0.15) is 0 Å². The third-order valence-electron chi connectivity index (χ3n) is 2.75. The maximum atomic E-state index is 5.89. The van der Waals surface area contributed by atoms with Gasteiger partial charge >= 0.3 is 0 Å². The molecule has 0 atom stereocenters. The maximum Gasteiger partial charge on any atom is 0.210 e. The minimum atomic E-state index is 0.555. The Kier molecular flexibility index (Phi) is 4.79. The summed E-state index contributed by atoms with van der Waals surface area (Å²) in [5.41, 5.74) is 0.902. The van der Waals surface area contributed by atoms with Crippen LogP contribution in [0.3, 0.4) is 0 Å². The summed E-state index contributed by atoms with van der Waals surface area (Å²) in [5, 5.41) is 3.05. The van der Waals surface area contributed by atoms with E-state index >= 15 is 0 Å². The molecule has 5 nitrogen and oxygen atoms in total. The summed E-state index contributed by atoms with van der Waals surface area (Å²) in [4.78, 5) is 4.25. The van der Waals surface area contributed by atoms with E-state index in [1.54, 1.807) is 26.5 Å². The van der Waals surface area contributed by atoms with E-state index in [4.69, 9.17) is 14.2 Å². The van der Waals surface area contributed by atoms with E-state index in [2.05, 4.69) is 10.3 Å². The van der Waals surface area contributed by atoms with Gasteiger partial charge in [0.2, 0.25) is 5.75 Å². The molecule has 0 saturated carbocycles. The van der Waals surface area contributed by atoms with Crippen LogP contribution in [0.1, 0.15) is 5.69 Å². The van der Waals surface area contributed by atoms with Gasteiger partial charge in [0.25, 0.3) is 0 Å². The van der Waals surface area contributed by atoms with Crippen LogP contribution in [0.4, 0.5) is 0 Å². The average Bonchev–Trinajstić information content (AvgIpc) is 2.48. The number of rotatable bonds is 6. The molecule has 0 aliphatic rings. The number of aromatic nitrogens is 1. The van der Waals surface area contributed by atoms with E-state index in [0.29, 0.717) is 29.5 Å². The highest BCUT2D eigenvalue weighted by molar-refractivity contribution is 5.53. The Morgan fingerprint density at radius 1 is 1.10 bits per heavy atom. The molecular weight excluding hydrogens is 256 g/mol. The fourth-order valence-electron chi connectivity index (χ4n) is 1.83. The summed E-state index contributed by atoms with van der Waals surface area (Å²) in [6.07, 6.45) is 1.71. The molecule has 1 heterocycles. The number of nitrogens with zero attached hydrogens (tertiary/aromatic N) is 1. The van der Waals surface area contributed by atoms with E-state index in [0.717, 1.165) is 5.69 Å². The van der Waals surface area contributed by atoms with Crippen molar-refractivity contribution in [2.75, 3.05) is 21.3 Å². The van der Waals surface area contributed by atoms with Gasteiger partial charge in [-0.25, -0.2) is 0 Å². The first-order chi connectivity index (χ1) is 9.78. The molecule has 20 heavy (non-hydrogen) atoms. The SMILES string of the molecule is CNCc1cc(Oc2c(OC)cccc2OC)ccn1. The molecule has 106 valence electrons. The van der Waals surface area contributed by atoms with Crippen LogP contribution in [-0.4, -0.2) is 26.3 Å². The first-order valence-corrected chi connectivity index (χ1v) is 6.27. The van der Waals surface area contributed by atoms with Gasteiger partial charge < -0.3 is 19.5 Å². The van der Waals surface area contributed by atoms with Crippen LogP contribution in [0.15, 0.2) is 36.5 Å². The Morgan fingerprint density at radius 2 is 1.80 bits per heavy atom. The molecule has 0 saturated heterocycles. The normalized spacial score (nSPS) is 10.2. The highest BCUT2D eigenvalue weighted by Gasteiger charge is 2.12. The molecule has 2 aromatic rings. The van der Waals surface area contributed by atoms with Gasteiger partial charge in [-0.1, -0.05) is 6.07 Å². The number of pyridine rings is 1. The van der Waals surface area contributed by atoms with Crippen molar-refractivity contribution in [2.24, 2.45) is 0 Å². The summed E-state index contributed by atoms with van der Waals surface area (Å²) in [7, 11) is 5.07. The molecule has 0 fully saturated rings. The van der Waals surface area contributed by atoms with Crippen LogP contribution in [0.25, 0.3) is 0 Å². The smallest absolute Gasteiger partial charge is 0.210 e. The lowest BCUT2D eigenvalue weighted by molar-refractivity contribution is 0.346. The molecule has 1 aromatic carbocycles. The van der Waals surface area contributed by atoms with Crippen LogP contribution >= 0.6 is 0 Å². The number of ether oxygens (including phenoxy) is 3. The third kappa shape index (κ3) is 3.19. The lowest BCUT2D eigenvalue weighted by Crippen LogP contribution is -2.06. The molecule has 0 aliphatic heterocycles. The lowest BCUT2D eigenvalue weighted by atomic mass is 10.3. The van der Waals surface area contributed by atoms with Crippen molar-refractivity contribution in [3.05, 3.63) is 42.2 Å². The van der Waals surface area contributed by atoms with Crippen LogP contribution in [0.2, 0.25) is 0 Å². The van der Waals surface area contributed by atoms with Crippen molar-refractivity contribution in [2.45, 2.75) is 6.54 Å². The molecule has 0 bridgehead atoms. The second kappa shape index (κ2) is 6.77. The fourth-order valence-corrected chi connectivity index (χ4v) is 1.83. The highest BCUT2D eigenvalue weighted by Crippen LogP contribution is 2.39. The van der Waals surface area contributed by atoms with E-state index < -0.39 is 0 Å². The van der Waals surface area contributed by atoms with Crippen LogP contribution < -0.4 is 19.5 Å². The maximum absolute atomic E-state index is 5.89. The first kappa shape index (κ1) is 14.1. The number of benzene rings is 1. The van der Waals surface area contributed by atoms with Crippen molar-refractivity contribution < 1.29 is 14.2 Å². The summed E-state index contributed by atoms with van der Waals surface area (Å²) in [6.45, 7) is 0.681. The summed E-state index contributed by atoms with van der Waals surface area (Å²) < 4.78 is 16.5. The number of hydrogen-bond donors (Lipinski definition) is 1. The highest BCUT2D eigenvalue weighted by atomic mass is 16.5. The fraction of sp³-hybridized carbons (Fsp3) is 0.267. The Morgan fingerprint density at radius 3 is 2.40 bits per heavy atom. The summed E-state index contributed by atoms with van der Waals surface area (Å²) in [6, 6.07) is 9.18. The number of hydrogen-bond acceptors (Lipinski definition) is 5. The lowest BCUT2D eigenvalue weighted by Gasteiger charge is -2.14. The zero-order valence-electron chi connectivity index (χ0n) is 11.8. The van der Waals surface area contributed by atoms with Gasteiger partial charge in [0.05, 0.1) is 19.9 Å². The van der Waals surface area contributed by atoms with Crippen molar-refractivity contribution in [3.8, 4) is 23.0 Å². The first-order valence-electron chi connectivity index (χ1n) is 6.27. The number of nitrogens with one attached hydrogen (secondary N) is 1. The quantitative estimate of drug-likeness (QED) is 0.877. The largest absolute Gasteiger partial charge is 0.493 e. The standard InChI is InChI=1S/C15H18N2O3/c1-16-10-11-9-12(7-8-17-11)20-15-13(18-2)5-4-6-14(15)19-3/h4-9,16H,10H2,1-3H3. The molecule has 1 N–H and O–H groups in total. The zero-order chi connectivity index (χ0) is 14.4. The van der Waals surface area contributed by atoms with Crippen molar-refractivity contribution in [1.29, 1.82) is 0 Å². The van der Waals surface area contributed by atoms with Gasteiger partial charge in [-0.05, 0) is 25.2 Å². The molecule has 1 aromatic heterocycles. The van der Waals surface area contributed by atoms with E-state index in [1.165, 1.54) is 0 Å². The van der Waals surface area contributed by atoms with Crippen LogP contribution in [0.5, 0.6) is 23.0 Å². The van der Waals surface area contributed by atoms with Gasteiger partial charge in [-0.15, -0.1) is 0 Å². The van der Waals surface area contributed by atoms with Gasteiger partial charge in [0, 0.05) is 18.8 Å². The number of para-hydroxylation sites is 1.